The van der Waals surface area contributed by atoms with E-state index in [1.807, 2.05) is 31.2 Å². The van der Waals surface area contributed by atoms with Gasteiger partial charge in [-0.1, -0.05) is 29.7 Å². The number of terminal acetylenes is 1. The zero-order valence-corrected chi connectivity index (χ0v) is 20.9. The highest BCUT2D eigenvalue weighted by molar-refractivity contribution is 7.12. The fourth-order valence-electron chi connectivity index (χ4n) is 4.37. The van der Waals surface area contributed by atoms with Gasteiger partial charge in [0.15, 0.2) is 0 Å². The Hall–Kier alpha value is -2.39. The molecule has 6 heteroatoms. The summed E-state index contributed by atoms with van der Waals surface area (Å²) in [5.41, 5.74) is 4.34. The summed E-state index contributed by atoms with van der Waals surface area (Å²) in [6, 6.07) is 9.21. The number of thiazole rings is 1. The third kappa shape index (κ3) is 4.94. The van der Waals surface area contributed by atoms with E-state index in [2.05, 4.69) is 18.2 Å². The monoisotopic (exact) mass is 482 g/mol. The second-order valence-electron chi connectivity index (χ2n) is 8.69. The van der Waals surface area contributed by atoms with Crippen LogP contribution in [0.2, 0.25) is 5.02 Å². The van der Waals surface area contributed by atoms with E-state index in [1.165, 1.54) is 0 Å². The lowest BCUT2D eigenvalue weighted by molar-refractivity contribution is 0.412. The molecule has 3 aromatic rings. The van der Waals surface area contributed by atoms with E-state index in [1.54, 1.807) is 31.4 Å². The molecule has 1 heterocycles. The number of hydrogen-bond acceptors (Lipinski definition) is 4. The molecule has 0 amide bonds. The van der Waals surface area contributed by atoms with Crippen LogP contribution >= 0.6 is 22.9 Å². The third-order valence-electron chi connectivity index (χ3n) is 6.31. The molecule has 1 fully saturated rings. The highest BCUT2D eigenvalue weighted by Crippen LogP contribution is 2.51. The van der Waals surface area contributed by atoms with Gasteiger partial charge in [0.2, 0.25) is 0 Å². The van der Waals surface area contributed by atoms with E-state index in [9.17, 15) is 4.39 Å². The van der Waals surface area contributed by atoms with Gasteiger partial charge < -0.3 is 4.74 Å². The maximum Gasteiger partial charge on any atom is 0.126 e. The summed E-state index contributed by atoms with van der Waals surface area (Å²) in [7, 11) is 1.64. The predicted molar refractivity (Wildman–Crippen MR) is 135 cm³/mol. The third-order valence-corrected chi connectivity index (χ3v) is 7.69. The van der Waals surface area contributed by atoms with E-state index in [0.717, 1.165) is 50.9 Å². The summed E-state index contributed by atoms with van der Waals surface area (Å²) in [5.74, 6) is 3.82. The van der Waals surface area contributed by atoms with Crippen LogP contribution in [0.3, 0.4) is 0 Å². The van der Waals surface area contributed by atoms with Crippen molar-refractivity contribution in [1.82, 2.24) is 10.3 Å². The molecule has 0 aliphatic heterocycles. The van der Waals surface area contributed by atoms with Crippen LogP contribution in [0.1, 0.15) is 51.4 Å². The number of hydrogen-bond donors (Lipinski definition) is 1. The lowest BCUT2D eigenvalue weighted by Gasteiger charge is -2.27. The number of nitrogens with zero attached hydrogens (tertiary/aromatic N) is 1. The topological polar surface area (TPSA) is 34.2 Å². The predicted octanol–water partition coefficient (Wildman–Crippen LogP) is 6.99. The maximum atomic E-state index is 14.5. The van der Waals surface area contributed by atoms with Gasteiger partial charge >= 0.3 is 0 Å². The average molecular weight is 483 g/mol. The Morgan fingerprint density at radius 3 is 2.64 bits per heavy atom. The van der Waals surface area contributed by atoms with Crippen LogP contribution in [0, 0.1) is 44.9 Å². The van der Waals surface area contributed by atoms with Crippen molar-refractivity contribution < 1.29 is 9.13 Å². The Morgan fingerprint density at radius 2 is 2.00 bits per heavy atom. The molecule has 1 N–H and O–H groups in total. The number of aromatic nitrogens is 1. The van der Waals surface area contributed by atoms with Gasteiger partial charge in [-0.05, 0) is 74.4 Å². The van der Waals surface area contributed by atoms with Gasteiger partial charge in [0.05, 0.1) is 29.4 Å². The summed E-state index contributed by atoms with van der Waals surface area (Å²) in [5, 5.41) is 5.12. The number of ether oxygens (including phenoxy) is 1. The van der Waals surface area contributed by atoms with E-state index in [4.69, 9.17) is 27.7 Å². The first-order valence-corrected chi connectivity index (χ1v) is 12.3. The summed E-state index contributed by atoms with van der Waals surface area (Å²) in [6.45, 7) is 6.26. The fraction of sp³-hybridized carbons (Fsp3) is 0.370. The van der Waals surface area contributed by atoms with Crippen LogP contribution in [-0.2, 0) is 0 Å². The molecule has 1 saturated carbocycles. The van der Waals surface area contributed by atoms with E-state index in [-0.39, 0.29) is 17.8 Å². The molecule has 172 valence electrons. The van der Waals surface area contributed by atoms with Crippen molar-refractivity contribution >= 4 is 22.9 Å². The molecule has 1 aromatic heterocycles. The summed E-state index contributed by atoms with van der Waals surface area (Å²) >= 11 is 8.31. The lowest BCUT2D eigenvalue weighted by atomic mass is 9.88. The summed E-state index contributed by atoms with van der Waals surface area (Å²) < 4.78 is 19.9. The molecule has 33 heavy (non-hydrogen) atoms. The molecule has 0 spiro atoms. The number of benzene rings is 2. The quantitative estimate of drug-likeness (QED) is 0.351. The highest BCUT2D eigenvalue weighted by Gasteiger charge is 2.40. The zero-order valence-electron chi connectivity index (χ0n) is 19.3. The Balaban J connectivity index is 1.77. The second kappa shape index (κ2) is 9.85. The molecule has 3 nitrogen and oxygen atoms in total. The molecule has 0 radical (unpaired) electrons. The molecule has 0 saturated heterocycles. The first kappa shape index (κ1) is 23.8. The highest BCUT2D eigenvalue weighted by atomic mass is 35.5. The minimum absolute atomic E-state index is 0.107. The molecule has 1 aliphatic carbocycles. The Bertz CT molecular complexity index is 1210. The first-order valence-electron chi connectivity index (χ1n) is 11.1. The van der Waals surface area contributed by atoms with Crippen molar-refractivity contribution in [2.45, 2.75) is 45.6 Å². The Morgan fingerprint density at radius 1 is 1.24 bits per heavy atom. The van der Waals surface area contributed by atoms with Gasteiger partial charge in [0.25, 0.3) is 0 Å². The Kier molecular flexibility index (Phi) is 7.09. The summed E-state index contributed by atoms with van der Waals surface area (Å²) in [4.78, 5) is 6.21. The van der Waals surface area contributed by atoms with Crippen molar-refractivity contribution in [3.63, 3.8) is 0 Å². The smallest absolute Gasteiger partial charge is 0.126 e. The number of aryl methyl sites for hydroxylation is 3. The molecule has 1 aliphatic rings. The van der Waals surface area contributed by atoms with Crippen LogP contribution in [0.25, 0.3) is 11.3 Å². The van der Waals surface area contributed by atoms with Crippen LogP contribution in [0.5, 0.6) is 5.75 Å². The minimum atomic E-state index is -0.203. The molecule has 0 bridgehead atoms. The van der Waals surface area contributed by atoms with Crippen molar-refractivity contribution in [2.75, 3.05) is 13.7 Å². The SMILES string of the molecule is C#CCN[C@H](c1ccc(C)c(F)c1)C(c1nc(-c2cc(C)c(OC)cc2Cl)c(C)s1)C1CC1. The van der Waals surface area contributed by atoms with Crippen molar-refractivity contribution in [2.24, 2.45) is 5.92 Å². The molecule has 2 aromatic carbocycles. The van der Waals surface area contributed by atoms with Gasteiger partial charge in [0.1, 0.15) is 11.6 Å². The molecular formula is C27H28ClFN2OS. The summed E-state index contributed by atoms with van der Waals surface area (Å²) in [6.07, 6.45) is 7.83. The van der Waals surface area contributed by atoms with Crippen LogP contribution < -0.4 is 10.1 Å². The largest absolute Gasteiger partial charge is 0.496 e. The number of halogens is 2. The van der Waals surface area contributed by atoms with Crippen molar-refractivity contribution in [1.29, 1.82) is 0 Å². The molecule has 2 atom stereocenters. The second-order valence-corrected chi connectivity index (χ2v) is 10.3. The number of rotatable bonds is 8. The van der Waals surface area contributed by atoms with E-state index >= 15 is 0 Å². The normalized spacial score (nSPS) is 15.2. The van der Waals surface area contributed by atoms with Gasteiger partial charge in [-0.3, -0.25) is 5.32 Å². The van der Waals surface area contributed by atoms with Crippen LogP contribution in [0.15, 0.2) is 30.3 Å². The molecule has 4 rings (SSSR count). The standard InChI is InChI=1S/C27H28ClFN2OS/c1-6-11-30-26(19-8-7-15(2)22(29)13-19)24(18-9-10-18)27-31-25(17(4)33-27)20-12-16(3)23(32-5)14-21(20)28/h1,7-8,12-14,18,24,26,30H,9-11H2,2-5H3/t24?,26-/m1/s1. The van der Waals surface area contributed by atoms with Crippen molar-refractivity contribution in [3.8, 4) is 29.4 Å². The number of nitrogens with one attached hydrogen (secondary N) is 1. The van der Waals surface area contributed by atoms with Crippen LogP contribution in [-0.4, -0.2) is 18.6 Å². The van der Waals surface area contributed by atoms with Crippen molar-refractivity contribution in [3.05, 3.63) is 67.7 Å². The van der Waals surface area contributed by atoms with Gasteiger partial charge in [-0.15, -0.1) is 17.8 Å². The van der Waals surface area contributed by atoms with Gasteiger partial charge in [0, 0.05) is 22.4 Å². The van der Waals surface area contributed by atoms with Gasteiger partial charge in [-0.25, -0.2) is 9.37 Å². The maximum absolute atomic E-state index is 14.5. The number of methoxy groups -OCH3 is 1. The Labute approximate surface area is 204 Å². The average Bonchev–Trinajstić information content (AvgIpc) is 3.55. The van der Waals surface area contributed by atoms with Gasteiger partial charge in [-0.2, -0.15) is 0 Å². The molecule has 1 unspecified atom stereocenters. The lowest BCUT2D eigenvalue weighted by Crippen LogP contribution is -2.29. The van der Waals surface area contributed by atoms with Crippen LogP contribution in [0.4, 0.5) is 4.39 Å². The first-order chi connectivity index (χ1) is 15.8. The van der Waals surface area contributed by atoms with E-state index < -0.39 is 0 Å². The minimum Gasteiger partial charge on any atom is -0.496 e. The zero-order chi connectivity index (χ0) is 23.7. The fourth-order valence-corrected chi connectivity index (χ4v) is 5.78. The molecular weight excluding hydrogens is 455 g/mol. The van der Waals surface area contributed by atoms with E-state index in [0.29, 0.717) is 23.0 Å².